The number of nitrogens with zero attached hydrogens (tertiary/aromatic N) is 2. The van der Waals surface area contributed by atoms with Crippen LogP contribution in [0.5, 0.6) is 0 Å². The summed E-state index contributed by atoms with van der Waals surface area (Å²) in [5, 5.41) is 19.5. The quantitative estimate of drug-likeness (QED) is 0.827. The van der Waals surface area contributed by atoms with Crippen molar-refractivity contribution in [3.8, 4) is 0 Å². The molecule has 0 aliphatic carbocycles. The largest absolute Gasteiger partial charge is 0.480 e. The van der Waals surface area contributed by atoms with Gasteiger partial charge in [0.05, 0.1) is 6.54 Å². The third-order valence-electron chi connectivity index (χ3n) is 2.41. The molecule has 1 aromatic carbocycles. The maximum atomic E-state index is 11.2. The van der Waals surface area contributed by atoms with E-state index < -0.39 is 12.0 Å². The zero-order chi connectivity index (χ0) is 13.0. The van der Waals surface area contributed by atoms with Crippen molar-refractivity contribution in [2.45, 2.75) is 19.5 Å². The fourth-order valence-corrected chi connectivity index (χ4v) is 1.59. The highest BCUT2D eigenvalue weighted by Gasteiger charge is 2.19. The second-order valence-electron chi connectivity index (χ2n) is 3.78. The monoisotopic (exact) mass is 247 g/mol. The van der Waals surface area contributed by atoms with Crippen molar-refractivity contribution in [1.82, 2.24) is 15.5 Å². The molecule has 2 aromatic rings. The summed E-state index contributed by atoms with van der Waals surface area (Å²) in [5.41, 5.74) is 0.682. The standard InChI is InChI=1S/C12H13N3O3/c1-8-14-15-10(18-8)7-13-11(12(16)17)9-5-3-2-4-6-9/h2-6,11,13H,7H2,1H3,(H,16,17). The summed E-state index contributed by atoms with van der Waals surface area (Å²) in [5.74, 6) is -0.120. The molecule has 18 heavy (non-hydrogen) atoms. The van der Waals surface area contributed by atoms with E-state index in [-0.39, 0.29) is 6.54 Å². The summed E-state index contributed by atoms with van der Waals surface area (Å²) in [4.78, 5) is 11.2. The van der Waals surface area contributed by atoms with Crippen molar-refractivity contribution in [3.63, 3.8) is 0 Å². The molecule has 1 unspecified atom stereocenters. The number of hydrogen-bond acceptors (Lipinski definition) is 5. The van der Waals surface area contributed by atoms with E-state index >= 15 is 0 Å². The Morgan fingerprint density at radius 3 is 2.67 bits per heavy atom. The van der Waals surface area contributed by atoms with Gasteiger partial charge >= 0.3 is 5.97 Å². The minimum atomic E-state index is -0.947. The zero-order valence-electron chi connectivity index (χ0n) is 9.83. The molecule has 1 atom stereocenters. The molecule has 1 heterocycles. The molecular formula is C12H13N3O3. The molecule has 0 amide bonds. The first-order valence-electron chi connectivity index (χ1n) is 5.47. The van der Waals surface area contributed by atoms with Gasteiger partial charge in [0.25, 0.3) is 0 Å². The highest BCUT2D eigenvalue weighted by atomic mass is 16.4. The molecule has 0 aliphatic heterocycles. The van der Waals surface area contributed by atoms with Gasteiger partial charge in [0.15, 0.2) is 0 Å². The Morgan fingerprint density at radius 2 is 2.11 bits per heavy atom. The van der Waals surface area contributed by atoms with E-state index in [0.717, 1.165) is 0 Å². The second-order valence-corrected chi connectivity index (χ2v) is 3.78. The summed E-state index contributed by atoms with van der Waals surface area (Å²) < 4.78 is 5.17. The summed E-state index contributed by atoms with van der Waals surface area (Å²) in [6.07, 6.45) is 0. The van der Waals surface area contributed by atoms with Crippen LogP contribution in [0.15, 0.2) is 34.7 Å². The first kappa shape index (κ1) is 12.3. The van der Waals surface area contributed by atoms with Crippen molar-refractivity contribution in [3.05, 3.63) is 47.7 Å². The first-order valence-corrected chi connectivity index (χ1v) is 5.47. The molecule has 2 N–H and O–H groups in total. The number of carbonyl (C=O) groups is 1. The molecule has 0 saturated heterocycles. The van der Waals surface area contributed by atoms with Crippen molar-refractivity contribution >= 4 is 5.97 Å². The zero-order valence-corrected chi connectivity index (χ0v) is 9.83. The normalized spacial score (nSPS) is 12.3. The van der Waals surface area contributed by atoms with Gasteiger partial charge < -0.3 is 9.52 Å². The lowest BCUT2D eigenvalue weighted by Crippen LogP contribution is -2.28. The fraction of sp³-hybridized carbons (Fsp3) is 0.250. The van der Waals surface area contributed by atoms with Gasteiger partial charge in [-0.2, -0.15) is 0 Å². The van der Waals surface area contributed by atoms with E-state index in [1.807, 2.05) is 6.07 Å². The molecule has 0 radical (unpaired) electrons. The summed E-state index contributed by atoms with van der Waals surface area (Å²) in [6, 6.07) is 8.14. The summed E-state index contributed by atoms with van der Waals surface area (Å²) >= 11 is 0. The molecule has 6 heteroatoms. The number of carboxylic acids is 1. The molecule has 0 fully saturated rings. The van der Waals surface area contributed by atoms with Crippen LogP contribution in [-0.4, -0.2) is 21.3 Å². The number of aliphatic carboxylic acids is 1. The van der Waals surface area contributed by atoms with E-state index in [9.17, 15) is 9.90 Å². The molecule has 94 valence electrons. The molecule has 0 bridgehead atoms. The predicted octanol–water partition coefficient (Wildman–Crippen LogP) is 1.29. The molecule has 0 spiro atoms. The molecule has 0 aliphatic rings. The third kappa shape index (κ3) is 2.92. The summed E-state index contributed by atoms with van der Waals surface area (Å²) in [7, 11) is 0. The Labute approximate surface area is 104 Å². The Kier molecular flexibility index (Phi) is 3.69. The van der Waals surface area contributed by atoms with Crippen LogP contribution >= 0.6 is 0 Å². The maximum Gasteiger partial charge on any atom is 0.325 e. The fourth-order valence-electron chi connectivity index (χ4n) is 1.59. The Bertz CT molecular complexity index is 524. The lowest BCUT2D eigenvalue weighted by atomic mass is 10.1. The lowest BCUT2D eigenvalue weighted by Gasteiger charge is -2.13. The van der Waals surface area contributed by atoms with E-state index in [4.69, 9.17) is 4.42 Å². The number of nitrogens with one attached hydrogen (secondary N) is 1. The van der Waals surface area contributed by atoms with Crippen LogP contribution < -0.4 is 5.32 Å². The van der Waals surface area contributed by atoms with E-state index in [2.05, 4.69) is 15.5 Å². The van der Waals surface area contributed by atoms with Crippen molar-refractivity contribution in [2.75, 3.05) is 0 Å². The Balaban J connectivity index is 2.06. The lowest BCUT2D eigenvalue weighted by molar-refractivity contribution is -0.139. The van der Waals surface area contributed by atoms with Crippen LogP contribution in [-0.2, 0) is 11.3 Å². The highest BCUT2D eigenvalue weighted by Crippen LogP contribution is 2.13. The van der Waals surface area contributed by atoms with Gasteiger partial charge in [0, 0.05) is 6.92 Å². The van der Waals surface area contributed by atoms with Gasteiger partial charge in [-0.3, -0.25) is 10.1 Å². The van der Waals surface area contributed by atoms with Gasteiger partial charge in [-0.1, -0.05) is 30.3 Å². The van der Waals surface area contributed by atoms with Crippen LogP contribution in [0.1, 0.15) is 23.4 Å². The predicted molar refractivity (Wildman–Crippen MR) is 62.7 cm³/mol. The first-order chi connectivity index (χ1) is 8.66. The Morgan fingerprint density at radius 1 is 1.39 bits per heavy atom. The molecule has 1 aromatic heterocycles. The van der Waals surface area contributed by atoms with E-state index in [1.54, 1.807) is 31.2 Å². The van der Waals surface area contributed by atoms with Crippen molar-refractivity contribution in [2.24, 2.45) is 0 Å². The SMILES string of the molecule is Cc1nnc(CNC(C(=O)O)c2ccccc2)o1. The number of carboxylic acid groups (broad SMARTS) is 1. The van der Waals surface area contributed by atoms with Crippen LogP contribution in [0.4, 0.5) is 0 Å². The topological polar surface area (TPSA) is 88.2 Å². The summed E-state index contributed by atoms with van der Waals surface area (Å²) in [6.45, 7) is 1.90. The second kappa shape index (κ2) is 5.42. The maximum absolute atomic E-state index is 11.2. The minimum Gasteiger partial charge on any atom is -0.480 e. The van der Waals surface area contributed by atoms with Gasteiger partial charge in [-0.05, 0) is 5.56 Å². The van der Waals surface area contributed by atoms with Crippen molar-refractivity contribution in [1.29, 1.82) is 0 Å². The number of aryl methyl sites for hydroxylation is 1. The number of rotatable bonds is 5. The molecule has 0 saturated carbocycles. The van der Waals surface area contributed by atoms with Crippen LogP contribution in [0.2, 0.25) is 0 Å². The third-order valence-corrected chi connectivity index (χ3v) is 2.41. The minimum absolute atomic E-state index is 0.215. The molecule has 2 rings (SSSR count). The molecular weight excluding hydrogens is 234 g/mol. The number of hydrogen-bond donors (Lipinski definition) is 2. The highest BCUT2D eigenvalue weighted by molar-refractivity contribution is 5.75. The average Bonchev–Trinajstić information content (AvgIpc) is 2.76. The van der Waals surface area contributed by atoms with Gasteiger partial charge in [0.1, 0.15) is 6.04 Å². The Hall–Kier alpha value is -2.21. The van der Waals surface area contributed by atoms with Gasteiger partial charge in [-0.15, -0.1) is 10.2 Å². The van der Waals surface area contributed by atoms with Crippen molar-refractivity contribution < 1.29 is 14.3 Å². The van der Waals surface area contributed by atoms with Crippen LogP contribution in [0.25, 0.3) is 0 Å². The van der Waals surface area contributed by atoms with Gasteiger partial charge in [-0.25, -0.2) is 0 Å². The number of benzene rings is 1. The van der Waals surface area contributed by atoms with Crippen LogP contribution in [0, 0.1) is 6.92 Å². The van der Waals surface area contributed by atoms with Gasteiger partial charge in [0.2, 0.25) is 11.8 Å². The average molecular weight is 247 g/mol. The molecule has 6 nitrogen and oxygen atoms in total. The van der Waals surface area contributed by atoms with E-state index in [1.165, 1.54) is 0 Å². The number of aromatic nitrogens is 2. The van der Waals surface area contributed by atoms with Crippen LogP contribution in [0.3, 0.4) is 0 Å². The smallest absolute Gasteiger partial charge is 0.325 e. The van der Waals surface area contributed by atoms with E-state index in [0.29, 0.717) is 17.3 Å².